The van der Waals surface area contributed by atoms with Crippen molar-refractivity contribution in [3.63, 3.8) is 0 Å². The average molecular weight is 330 g/mol. The minimum atomic E-state index is -0.551. The average Bonchev–Trinajstić information content (AvgIpc) is 3.15. The summed E-state index contributed by atoms with van der Waals surface area (Å²) in [4.78, 5) is 15.0. The minimum absolute atomic E-state index is 0.101. The van der Waals surface area contributed by atoms with Gasteiger partial charge in [0.15, 0.2) is 6.04 Å². The molecule has 2 heterocycles. The Labute approximate surface area is 140 Å². The van der Waals surface area contributed by atoms with Crippen molar-refractivity contribution in [3.05, 3.63) is 42.2 Å². The van der Waals surface area contributed by atoms with Crippen LogP contribution in [-0.2, 0) is 9.53 Å². The summed E-state index contributed by atoms with van der Waals surface area (Å²) in [6, 6.07) is 8.97. The van der Waals surface area contributed by atoms with Crippen LogP contribution >= 0.6 is 0 Å². The van der Waals surface area contributed by atoms with Crippen molar-refractivity contribution in [3.8, 4) is 0 Å². The number of hydrogen-bond acceptors (Lipinski definition) is 6. The number of tetrazole rings is 1. The molecule has 0 radical (unpaired) electrons. The molecule has 1 saturated heterocycles. The van der Waals surface area contributed by atoms with Crippen molar-refractivity contribution in [1.82, 2.24) is 30.4 Å². The molecule has 1 aromatic carbocycles. The molecule has 128 valence electrons. The van der Waals surface area contributed by atoms with E-state index in [2.05, 4.69) is 25.7 Å². The van der Waals surface area contributed by atoms with Crippen molar-refractivity contribution in [2.45, 2.75) is 12.5 Å². The standard InChI is InChI=1S/C16H22N6O2/c23-16(17-7-4-8-21-9-11-24-12-10-21)15(22-13-18-19-20-22)14-5-2-1-3-6-14/h1-3,5-6,13,15H,4,7-12H2,(H,17,23). The topological polar surface area (TPSA) is 85.2 Å². The molecule has 8 heteroatoms. The Hall–Kier alpha value is -2.32. The Kier molecular flexibility index (Phi) is 5.86. The molecule has 0 bridgehead atoms. The predicted molar refractivity (Wildman–Crippen MR) is 87.3 cm³/mol. The molecular weight excluding hydrogens is 308 g/mol. The van der Waals surface area contributed by atoms with E-state index in [1.54, 1.807) is 0 Å². The molecule has 1 aromatic heterocycles. The van der Waals surface area contributed by atoms with Gasteiger partial charge in [0.2, 0.25) is 5.91 Å². The first-order chi connectivity index (χ1) is 11.8. The third-order valence-electron chi connectivity index (χ3n) is 4.05. The van der Waals surface area contributed by atoms with Gasteiger partial charge in [0, 0.05) is 19.6 Å². The molecule has 1 atom stereocenters. The number of benzene rings is 1. The molecule has 0 aliphatic carbocycles. The van der Waals surface area contributed by atoms with Crippen molar-refractivity contribution < 1.29 is 9.53 Å². The maximum atomic E-state index is 12.6. The SMILES string of the molecule is O=C(NCCCN1CCOCC1)C(c1ccccc1)n1cnnn1. The third kappa shape index (κ3) is 4.36. The van der Waals surface area contributed by atoms with Crippen LogP contribution in [0.2, 0.25) is 0 Å². The summed E-state index contributed by atoms with van der Waals surface area (Å²) < 4.78 is 6.81. The minimum Gasteiger partial charge on any atom is -0.379 e. The quantitative estimate of drug-likeness (QED) is 0.725. The van der Waals surface area contributed by atoms with Crippen LogP contribution in [0.5, 0.6) is 0 Å². The van der Waals surface area contributed by atoms with E-state index in [4.69, 9.17) is 4.74 Å². The molecule has 1 fully saturated rings. The Balaban J connectivity index is 1.54. The molecule has 0 spiro atoms. The van der Waals surface area contributed by atoms with E-state index in [1.807, 2.05) is 30.3 Å². The molecule has 1 N–H and O–H groups in total. The summed E-state index contributed by atoms with van der Waals surface area (Å²) >= 11 is 0. The Morgan fingerprint density at radius 2 is 2.04 bits per heavy atom. The van der Waals surface area contributed by atoms with E-state index >= 15 is 0 Å². The first-order valence-electron chi connectivity index (χ1n) is 8.20. The lowest BCUT2D eigenvalue weighted by molar-refractivity contribution is -0.123. The van der Waals surface area contributed by atoms with E-state index in [0.29, 0.717) is 6.54 Å². The van der Waals surface area contributed by atoms with Gasteiger partial charge < -0.3 is 10.1 Å². The molecule has 3 rings (SSSR count). The number of nitrogens with zero attached hydrogens (tertiary/aromatic N) is 5. The second kappa shape index (κ2) is 8.51. The largest absolute Gasteiger partial charge is 0.379 e. The highest BCUT2D eigenvalue weighted by Crippen LogP contribution is 2.16. The number of morpholine rings is 1. The molecule has 1 unspecified atom stereocenters. The summed E-state index contributed by atoms with van der Waals surface area (Å²) in [6.45, 7) is 5.10. The van der Waals surface area contributed by atoms with Crippen molar-refractivity contribution in [2.75, 3.05) is 39.4 Å². The second-order valence-corrected chi connectivity index (χ2v) is 5.70. The van der Waals surface area contributed by atoms with Gasteiger partial charge in [-0.15, -0.1) is 5.10 Å². The van der Waals surface area contributed by atoms with Crippen LogP contribution in [0.1, 0.15) is 18.0 Å². The van der Waals surface area contributed by atoms with Gasteiger partial charge in [-0.2, -0.15) is 0 Å². The molecule has 0 saturated carbocycles. The smallest absolute Gasteiger partial charge is 0.249 e. The number of carbonyl (C=O) groups is 1. The lowest BCUT2D eigenvalue weighted by atomic mass is 10.1. The van der Waals surface area contributed by atoms with Crippen molar-refractivity contribution in [2.24, 2.45) is 0 Å². The molecule has 8 nitrogen and oxygen atoms in total. The number of ether oxygens (including phenoxy) is 1. The Morgan fingerprint density at radius 3 is 2.75 bits per heavy atom. The molecule has 1 amide bonds. The van der Waals surface area contributed by atoms with Crippen molar-refractivity contribution >= 4 is 5.91 Å². The van der Waals surface area contributed by atoms with E-state index in [0.717, 1.165) is 44.8 Å². The maximum absolute atomic E-state index is 12.6. The molecule has 2 aromatic rings. The van der Waals surface area contributed by atoms with E-state index in [9.17, 15) is 4.79 Å². The van der Waals surface area contributed by atoms with Gasteiger partial charge in [0.1, 0.15) is 6.33 Å². The number of rotatable bonds is 7. The summed E-state index contributed by atoms with van der Waals surface area (Å²) in [5.74, 6) is -0.101. The van der Waals surface area contributed by atoms with Crippen LogP contribution in [0, 0.1) is 0 Å². The summed E-state index contributed by atoms with van der Waals surface area (Å²) in [7, 11) is 0. The molecule has 1 aliphatic heterocycles. The van der Waals surface area contributed by atoms with E-state index in [1.165, 1.54) is 11.0 Å². The predicted octanol–water partition coefficient (Wildman–Crippen LogP) is 0.101. The van der Waals surface area contributed by atoms with Gasteiger partial charge in [-0.25, -0.2) is 4.68 Å². The Bertz CT molecular complexity index is 613. The van der Waals surface area contributed by atoms with Crippen LogP contribution in [0.4, 0.5) is 0 Å². The van der Waals surface area contributed by atoms with E-state index in [-0.39, 0.29) is 5.91 Å². The van der Waals surface area contributed by atoms with Gasteiger partial charge in [0.05, 0.1) is 13.2 Å². The van der Waals surface area contributed by atoms with Gasteiger partial charge in [0.25, 0.3) is 0 Å². The number of hydrogen-bond donors (Lipinski definition) is 1. The molecule has 24 heavy (non-hydrogen) atoms. The van der Waals surface area contributed by atoms with Gasteiger partial charge >= 0.3 is 0 Å². The zero-order valence-corrected chi connectivity index (χ0v) is 13.5. The monoisotopic (exact) mass is 330 g/mol. The highest BCUT2D eigenvalue weighted by molar-refractivity contribution is 5.83. The highest BCUT2D eigenvalue weighted by Gasteiger charge is 2.23. The molecule has 1 aliphatic rings. The van der Waals surface area contributed by atoms with Crippen LogP contribution in [0.25, 0.3) is 0 Å². The van der Waals surface area contributed by atoms with Crippen LogP contribution in [0.3, 0.4) is 0 Å². The van der Waals surface area contributed by atoms with Crippen LogP contribution < -0.4 is 5.32 Å². The van der Waals surface area contributed by atoms with Gasteiger partial charge in [-0.1, -0.05) is 30.3 Å². The normalized spacial score (nSPS) is 16.7. The third-order valence-corrected chi connectivity index (χ3v) is 4.05. The zero-order valence-electron chi connectivity index (χ0n) is 13.5. The highest BCUT2D eigenvalue weighted by atomic mass is 16.5. The van der Waals surface area contributed by atoms with Crippen LogP contribution in [0.15, 0.2) is 36.7 Å². The summed E-state index contributed by atoms with van der Waals surface area (Å²) in [6.07, 6.45) is 2.37. The van der Waals surface area contributed by atoms with Crippen LogP contribution in [-0.4, -0.2) is 70.4 Å². The first-order valence-corrected chi connectivity index (χ1v) is 8.20. The summed E-state index contributed by atoms with van der Waals surface area (Å²) in [5, 5.41) is 14.2. The van der Waals surface area contributed by atoms with Gasteiger partial charge in [-0.05, 0) is 29.0 Å². The second-order valence-electron chi connectivity index (χ2n) is 5.70. The Morgan fingerprint density at radius 1 is 1.25 bits per heavy atom. The number of nitrogens with one attached hydrogen (secondary N) is 1. The lowest BCUT2D eigenvalue weighted by Crippen LogP contribution is -2.39. The number of carbonyl (C=O) groups excluding carboxylic acids is 1. The van der Waals surface area contributed by atoms with E-state index < -0.39 is 6.04 Å². The fourth-order valence-electron chi connectivity index (χ4n) is 2.78. The fourth-order valence-corrected chi connectivity index (χ4v) is 2.78. The number of aromatic nitrogens is 4. The fraction of sp³-hybridized carbons (Fsp3) is 0.500. The maximum Gasteiger partial charge on any atom is 0.249 e. The molecular formula is C16H22N6O2. The number of amides is 1. The lowest BCUT2D eigenvalue weighted by Gasteiger charge is -2.26. The summed E-state index contributed by atoms with van der Waals surface area (Å²) in [5.41, 5.74) is 0.857. The van der Waals surface area contributed by atoms with Gasteiger partial charge in [-0.3, -0.25) is 9.69 Å². The first kappa shape index (κ1) is 16.5. The van der Waals surface area contributed by atoms with Crippen molar-refractivity contribution in [1.29, 1.82) is 0 Å². The zero-order chi connectivity index (χ0) is 16.6.